The van der Waals surface area contributed by atoms with E-state index in [9.17, 15) is 21.6 Å². The SMILES string of the molecule is Cc1ccc(S(=O)(=O)C2=CC(NS(=O)(=O)c3ccc(Cl)cc3)(P(=O)(OC(C)C)OC(C)C)c3ccccc3C2=O)cc1. The highest BCUT2D eigenvalue weighted by atomic mass is 35.5. The second-order valence-electron chi connectivity index (χ2n) is 10.3. The van der Waals surface area contributed by atoms with Crippen LogP contribution in [0.25, 0.3) is 0 Å². The van der Waals surface area contributed by atoms with Crippen LogP contribution in [0, 0.1) is 6.92 Å². The van der Waals surface area contributed by atoms with Gasteiger partial charge in [0.15, 0.2) is 5.28 Å². The van der Waals surface area contributed by atoms with Gasteiger partial charge >= 0.3 is 7.60 Å². The van der Waals surface area contributed by atoms with Gasteiger partial charge in [0.25, 0.3) is 0 Å². The van der Waals surface area contributed by atoms with Crippen LogP contribution in [0.3, 0.4) is 0 Å². The Kier molecular flexibility index (Phi) is 9.08. The summed E-state index contributed by atoms with van der Waals surface area (Å²) in [5.41, 5.74) is 0.526. The van der Waals surface area contributed by atoms with Crippen molar-refractivity contribution < 1.29 is 35.2 Å². The average molecular weight is 652 g/mol. The van der Waals surface area contributed by atoms with Crippen molar-refractivity contribution in [3.8, 4) is 0 Å². The summed E-state index contributed by atoms with van der Waals surface area (Å²) in [6.07, 6.45) is -0.657. The van der Waals surface area contributed by atoms with Crippen LogP contribution in [0.15, 0.2) is 93.6 Å². The smallest absolute Gasteiger partial charge is 0.304 e. The normalized spacial score (nSPS) is 17.8. The summed E-state index contributed by atoms with van der Waals surface area (Å²) in [5, 5.41) is -2.20. The highest BCUT2D eigenvalue weighted by Gasteiger charge is 2.59. The quantitative estimate of drug-likeness (QED) is 0.250. The number of allylic oxidation sites excluding steroid dienone is 1. The van der Waals surface area contributed by atoms with E-state index in [-0.39, 0.29) is 25.9 Å². The van der Waals surface area contributed by atoms with Crippen molar-refractivity contribution in [2.24, 2.45) is 0 Å². The molecule has 0 radical (unpaired) electrons. The van der Waals surface area contributed by atoms with Crippen molar-refractivity contribution in [3.05, 3.63) is 105 Å². The van der Waals surface area contributed by atoms with Crippen molar-refractivity contribution in [3.63, 3.8) is 0 Å². The molecule has 224 valence electrons. The van der Waals surface area contributed by atoms with E-state index in [2.05, 4.69) is 4.72 Å². The molecule has 0 fully saturated rings. The van der Waals surface area contributed by atoms with Gasteiger partial charge in [-0.05, 0) is 77.1 Å². The summed E-state index contributed by atoms with van der Waals surface area (Å²) >= 11 is 5.97. The van der Waals surface area contributed by atoms with Crippen molar-refractivity contribution in [1.29, 1.82) is 0 Å². The number of benzene rings is 3. The lowest BCUT2D eigenvalue weighted by Gasteiger charge is -2.42. The third-order valence-corrected chi connectivity index (χ3v) is 12.7. The van der Waals surface area contributed by atoms with Gasteiger partial charge in [0, 0.05) is 16.1 Å². The fourth-order valence-corrected chi connectivity index (χ4v) is 10.4. The van der Waals surface area contributed by atoms with E-state index in [4.69, 9.17) is 20.6 Å². The molecule has 0 amide bonds. The minimum absolute atomic E-state index is 0.0833. The number of Topliss-reactive ketones (excluding diaryl/α,β-unsaturated/α-hetero) is 1. The maximum absolute atomic E-state index is 15.1. The van der Waals surface area contributed by atoms with Crippen molar-refractivity contribution >= 4 is 44.8 Å². The number of fused-ring (bicyclic) bond motifs is 1. The van der Waals surface area contributed by atoms with Gasteiger partial charge in [0.1, 0.15) is 4.91 Å². The zero-order chi connectivity index (χ0) is 31.1. The third kappa shape index (κ3) is 6.05. The number of nitrogens with one attached hydrogen (secondary N) is 1. The second kappa shape index (κ2) is 11.8. The van der Waals surface area contributed by atoms with E-state index >= 15 is 4.57 Å². The number of carbonyl (C=O) groups is 1. The fraction of sp³-hybridized carbons (Fsp3) is 0.276. The lowest BCUT2D eigenvalue weighted by Crippen LogP contribution is -2.49. The van der Waals surface area contributed by atoms with E-state index in [1.165, 1.54) is 60.7 Å². The monoisotopic (exact) mass is 651 g/mol. The Bertz CT molecular complexity index is 1790. The minimum Gasteiger partial charge on any atom is -0.304 e. The summed E-state index contributed by atoms with van der Waals surface area (Å²) in [5.74, 6) is -0.895. The number of hydrogen-bond acceptors (Lipinski definition) is 8. The summed E-state index contributed by atoms with van der Waals surface area (Å²) in [7, 11) is -13.9. The number of halogens is 1. The predicted octanol–water partition coefficient (Wildman–Crippen LogP) is 6.38. The fourth-order valence-electron chi connectivity index (χ4n) is 4.51. The van der Waals surface area contributed by atoms with Crippen LogP contribution in [-0.4, -0.2) is 34.8 Å². The molecule has 1 unspecified atom stereocenters. The highest BCUT2D eigenvalue weighted by molar-refractivity contribution is 7.96. The number of sulfone groups is 1. The molecule has 1 aliphatic rings. The number of carbonyl (C=O) groups excluding carboxylic acids is 1. The molecule has 1 aliphatic carbocycles. The molecule has 0 saturated carbocycles. The average Bonchev–Trinajstić information content (AvgIpc) is 2.89. The van der Waals surface area contributed by atoms with E-state index in [1.54, 1.807) is 46.8 Å². The Morgan fingerprint density at radius 3 is 1.88 bits per heavy atom. The zero-order valence-corrected chi connectivity index (χ0v) is 26.9. The van der Waals surface area contributed by atoms with Crippen LogP contribution in [0.4, 0.5) is 0 Å². The number of rotatable bonds is 10. The minimum atomic E-state index is -4.74. The molecule has 0 aliphatic heterocycles. The summed E-state index contributed by atoms with van der Waals surface area (Å²) < 4.78 is 85.2. The van der Waals surface area contributed by atoms with E-state index in [0.29, 0.717) is 0 Å². The molecule has 1 N–H and O–H groups in total. The Morgan fingerprint density at radius 1 is 0.810 bits per heavy atom. The topological polar surface area (TPSA) is 133 Å². The molecule has 0 spiro atoms. The van der Waals surface area contributed by atoms with Crippen LogP contribution >= 0.6 is 19.2 Å². The molecule has 0 heterocycles. The number of aryl methyl sites for hydroxylation is 1. The maximum atomic E-state index is 15.1. The second-order valence-corrected chi connectivity index (χ2v) is 16.5. The third-order valence-electron chi connectivity index (χ3n) is 6.31. The van der Waals surface area contributed by atoms with Crippen LogP contribution < -0.4 is 4.72 Å². The molecule has 3 aromatic rings. The Hall–Kier alpha value is -2.63. The molecule has 9 nitrogen and oxygen atoms in total. The maximum Gasteiger partial charge on any atom is 0.360 e. The van der Waals surface area contributed by atoms with Gasteiger partial charge in [-0.2, -0.15) is 4.72 Å². The van der Waals surface area contributed by atoms with Crippen LogP contribution in [0.1, 0.15) is 49.2 Å². The van der Waals surface area contributed by atoms with E-state index < -0.39 is 55.6 Å². The first-order valence-electron chi connectivity index (χ1n) is 13.0. The molecule has 0 aromatic heterocycles. The lowest BCUT2D eigenvalue weighted by atomic mass is 9.92. The van der Waals surface area contributed by atoms with Gasteiger partial charge in [0.2, 0.25) is 25.6 Å². The Labute approximate surface area is 251 Å². The molecular formula is C29H31ClNO8PS2. The van der Waals surface area contributed by atoms with Gasteiger partial charge in [-0.15, -0.1) is 0 Å². The summed E-state index contributed by atoms with van der Waals surface area (Å²) in [6.45, 7) is 8.07. The Balaban J connectivity index is 2.13. The molecule has 42 heavy (non-hydrogen) atoms. The Morgan fingerprint density at radius 2 is 1.33 bits per heavy atom. The largest absolute Gasteiger partial charge is 0.360 e. The van der Waals surface area contributed by atoms with Gasteiger partial charge in [-0.25, -0.2) is 16.8 Å². The molecule has 0 bridgehead atoms. The van der Waals surface area contributed by atoms with Crippen molar-refractivity contribution in [2.45, 2.75) is 61.9 Å². The summed E-state index contributed by atoms with van der Waals surface area (Å²) in [4.78, 5) is 12.6. The zero-order valence-electron chi connectivity index (χ0n) is 23.6. The standard InChI is InChI=1S/C29H31ClNO8PS2/c1-19(2)38-40(33,39-20(3)4)29(31-42(36,37)24-16-12-22(30)13-17-24)18-27(28(32)25-8-6-7-9-26(25)29)41(34,35)23-14-10-21(5)11-15-23/h6-20,31H,1-5H3. The molecule has 4 rings (SSSR count). The van der Waals surface area contributed by atoms with E-state index in [0.717, 1.165) is 11.6 Å². The highest BCUT2D eigenvalue weighted by Crippen LogP contribution is 2.68. The van der Waals surface area contributed by atoms with Crippen LogP contribution in [0.5, 0.6) is 0 Å². The predicted molar refractivity (Wildman–Crippen MR) is 161 cm³/mol. The molecule has 1 atom stereocenters. The number of hydrogen-bond donors (Lipinski definition) is 1. The van der Waals surface area contributed by atoms with Crippen LogP contribution in [0.2, 0.25) is 5.02 Å². The van der Waals surface area contributed by atoms with Gasteiger partial charge in [-0.3, -0.25) is 9.36 Å². The first kappa shape index (κ1) is 32.3. The molecular weight excluding hydrogens is 621 g/mol. The molecule has 3 aromatic carbocycles. The first-order chi connectivity index (χ1) is 19.5. The van der Waals surface area contributed by atoms with Gasteiger partial charge in [-0.1, -0.05) is 53.6 Å². The van der Waals surface area contributed by atoms with E-state index in [1.807, 2.05) is 0 Å². The number of ketones is 1. The van der Waals surface area contributed by atoms with Gasteiger partial charge in [0.05, 0.1) is 22.0 Å². The summed E-state index contributed by atoms with van der Waals surface area (Å²) in [6, 6.07) is 16.8. The van der Waals surface area contributed by atoms with Crippen molar-refractivity contribution in [2.75, 3.05) is 0 Å². The molecule has 13 heteroatoms. The number of sulfonamides is 1. The molecule has 0 saturated heterocycles. The first-order valence-corrected chi connectivity index (χ1v) is 17.9. The van der Waals surface area contributed by atoms with Crippen LogP contribution in [-0.2, 0) is 38.8 Å². The van der Waals surface area contributed by atoms with Gasteiger partial charge < -0.3 is 9.05 Å². The van der Waals surface area contributed by atoms with Crippen molar-refractivity contribution in [1.82, 2.24) is 4.72 Å². The lowest BCUT2D eigenvalue weighted by molar-refractivity contribution is 0.103.